The quantitative estimate of drug-likeness (QED) is 0.240. The number of rotatable bonds is 12. The zero-order chi connectivity index (χ0) is 18.8. The second kappa shape index (κ2) is 10.9. The first-order chi connectivity index (χ1) is 11.2. The van der Waals surface area contributed by atoms with Gasteiger partial charge in [-0.05, 0) is 51.2 Å². The Kier molecular flexibility index (Phi) is 10.5. The number of carbonyl (C=O) groups is 1. The summed E-state index contributed by atoms with van der Waals surface area (Å²) in [5.41, 5.74) is 0.798. The lowest BCUT2D eigenvalue weighted by molar-refractivity contribution is -0.121. The van der Waals surface area contributed by atoms with Gasteiger partial charge in [-0.2, -0.15) is 0 Å². The fourth-order valence-electron chi connectivity index (χ4n) is 2.90. The topological polar surface area (TPSA) is 26.3 Å². The Balaban J connectivity index is 4.65. The van der Waals surface area contributed by atoms with Crippen molar-refractivity contribution in [3.63, 3.8) is 0 Å². The lowest BCUT2D eigenvalue weighted by atomic mass is 9.98. The van der Waals surface area contributed by atoms with Gasteiger partial charge in [-0.25, -0.2) is 0 Å². The molecule has 0 bridgehead atoms. The molecule has 0 heterocycles. The first-order valence-electron chi connectivity index (χ1n) is 9.53. The summed E-state index contributed by atoms with van der Waals surface area (Å²) in [6.45, 7) is 14.8. The fraction of sp³-hybridized carbons (Fsp3) is 0.762. The number of hydrogen-bond donors (Lipinski definition) is 0. The first-order valence-corrected chi connectivity index (χ1v) is 12.1. The monoisotopic (exact) mass is 350 g/mol. The number of allylic oxidation sites excluding steroid dienone is 2. The highest BCUT2D eigenvalue weighted by Crippen LogP contribution is 2.30. The standard InChI is InChI=1S/C21H38O2Si/c1-9-21(8,23-24(10-2,11-3)12-4)17-13-14-19(7)15-16-20(22)18(5)6/h1,14,18H,10-13,15-17H2,2-8H3/b19-14+/t21-/m1/s1. The molecule has 0 aromatic carbocycles. The average Bonchev–Trinajstić information content (AvgIpc) is 2.57. The molecular formula is C21H38O2Si. The molecule has 1 atom stereocenters. The van der Waals surface area contributed by atoms with Gasteiger partial charge >= 0.3 is 0 Å². The molecule has 0 aromatic heterocycles. The molecule has 138 valence electrons. The van der Waals surface area contributed by atoms with Crippen LogP contribution in [0.5, 0.6) is 0 Å². The minimum Gasteiger partial charge on any atom is -0.401 e. The SMILES string of the molecule is C#C[C@](C)(CC/C=C(\C)CCC(=O)C(C)C)O[Si](CC)(CC)CC. The smallest absolute Gasteiger partial charge is 0.194 e. The van der Waals surface area contributed by atoms with Gasteiger partial charge in [-0.3, -0.25) is 4.79 Å². The van der Waals surface area contributed by atoms with E-state index in [1.807, 2.05) is 13.8 Å². The Hall–Kier alpha value is -0.853. The highest BCUT2D eigenvalue weighted by atomic mass is 28.4. The third-order valence-electron chi connectivity index (χ3n) is 5.20. The average molecular weight is 351 g/mol. The van der Waals surface area contributed by atoms with Gasteiger partial charge < -0.3 is 4.43 Å². The summed E-state index contributed by atoms with van der Waals surface area (Å²) in [7, 11) is -1.70. The van der Waals surface area contributed by atoms with Crippen molar-refractivity contribution < 1.29 is 9.22 Å². The Morgan fingerprint density at radius 3 is 2.17 bits per heavy atom. The summed E-state index contributed by atoms with van der Waals surface area (Å²) in [5.74, 6) is 3.37. The van der Waals surface area contributed by atoms with Crippen LogP contribution < -0.4 is 0 Å². The fourth-order valence-corrected chi connectivity index (χ4v) is 5.95. The molecule has 0 aliphatic rings. The van der Waals surface area contributed by atoms with Crippen LogP contribution in [-0.4, -0.2) is 19.7 Å². The van der Waals surface area contributed by atoms with Crippen LogP contribution in [0.1, 0.15) is 74.1 Å². The van der Waals surface area contributed by atoms with Crippen LogP contribution >= 0.6 is 0 Å². The largest absolute Gasteiger partial charge is 0.401 e. The maximum absolute atomic E-state index is 11.7. The molecule has 0 spiro atoms. The van der Waals surface area contributed by atoms with Gasteiger partial charge in [0.1, 0.15) is 11.4 Å². The minimum absolute atomic E-state index is 0.131. The predicted octanol–water partition coefficient (Wildman–Crippen LogP) is 6.13. The van der Waals surface area contributed by atoms with Crippen LogP contribution in [0, 0.1) is 18.3 Å². The highest BCUT2D eigenvalue weighted by molar-refractivity contribution is 6.73. The maximum atomic E-state index is 11.7. The lowest BCUT2D eigenvalue weighted by Gasteiger charge is -2.37. The summed E-state index contributed by atoms with van der Waals surface area (Å²) in [6, 6.07) is 3.34. The summed E-state index contributed by atoms with van der Waals surface area (Å²) in [4.78, 5) is 11.7. The van der Waals surface area contributed by atoms with Crippen molar-refractivity contribution in [2.45, 2.75) is 97.9 Å². The van der Waals surface area contributed by atoms with Gasteiger partial charge in [0, 0.05) is 12.3 Å². The molecule has 0 aliphatic carbocycles. The number of terminal acetylenes is 1. The van der Waals surface area contributed by atoms with E-state index < -0.39 is 13.9 Å². The zero-order valence-electron chi connectivity index (χ0n) is 17.0. The van der Waals surface area contributed by atoms with E-state index >= 15 is 0 Å². The van der Waals surface area contributed by atoms with Crippen LogP contribution in [-0.2, 0) is 9.22 Å². The van der Waals surface area contributed by atoms with Crippen LogP contribution in [0.3, 0.4) is 0 Å². The van der Waals surface area contributed by atoms with Gasteiger partial charge in [0.15, 0.2) is 8.32 Å². The Bertz CT molecular complexity index is 447. The van der Waals surface area contributed by atoms with Gasteiger partial charge in [0.25, 0.3) is 0 Å². The lowest BCUT2D eigenvalue weighted by Crippen LogP contribution is -2.45. The van der Waals surface area contributed by atoms with Crippen molar-refractivity contribution in [3.8, 4) is 12.3 Å². The van der Waals surface area contributed by atoms with Crippen LogP contribution in [0.2, 0.25) is 18.1 Å². The van der Waals surface area contributed by atoms with E-state index in [0.29, 0.717) is 12.2 Å². The molecule has 0 amide bonds. The molecule has 2 nitrogen and oxygen atoms in total. The molecular weight excluding hydrogens is 312 g/mol. The van der Waals surface area contributed by atoms with E-state index in [9.17, 15) is 4.79 Å². The number of hydrogen-bond acceptors (Lipinski definition) is 2. The van der Waals surface area contributed by atoms with Gasteiger partial charge in [-0.15, -0.1) is 6.42 Å². The van der Waals surface area contributed by atoms with Gasteiger partial charge in [0.2, 0.25) is 0 Å². The van der Waals surface area contributed by atoms with Crippen molar-refractivity contribution >= 4 is 14.1 Å². The van der Waals surface area contributed by atoms with Crippen LogP contribution in [0.25, 0.3) is 0 Å². The molecule has 0 aromatic rings. The van der Waals surface area contributed by atoms with E-state index in [0.717, 1.165) is 37.4 Å². The Morgan fingerprint density at radius 1 is 1.21 bits per heavy atom. The van der Waals surface area contributed by atoms with E-state index in [1.54, 1.807) is 0 Å². The second-order valence-electron chi connectivity index (χ2n) is 7.43. The van der Waals surface area contributed by atoms with Crippen molar-refractivity contribution in [2.75, 3.05) is 0 Å². The Morgan fingerprint density at radius 2 is 1.75 bits per heavy atom. The molecule has 24 heavy (non-hydrogen) atoms. The van der Waals surface area contributed by atoms with Crippen LogP contribution in [0.4, 0.5) is 0 Å². The Labute approximate surface area is 151 Å². The zero-order valence-corrected chi connectivity index (χ0v) is 18.0. The van der Waals surface area contributed by atoms with E-state index in [-0.39, 0.29) is 5.92 Å². The third kappa shape index (κ3) is 7.81. The third-order valence-corrected chi connectivity index (χ3v) is 9.95. The molecule has 0 rings (SSSR count). The van der Waals surface area contributed by atoms with E-state index in [2.05, 4.69) is 46.6 Å². The summed E-state index contributed by atoms with van der Waals surface area (Å²) < 4.78 is 6.55. The number of carbonyl (C=O) groups excluding carboxylic acids is 1. The second-order valence-corrected chi connectivity index (χ2v) is 12.1. The van der Waals surface area contributed by atoms with E-state index in [4.69, 9.17) is 10.8 Å². The van der Waals surface area contributed by atoms with Crippen molar-refractivity contribution in [1.29, 1.82) is 0 Å². The maximum Gasteiger partial charge on any atom is 0.194 e. The highest BCUT2D eigenvalue weighted by Gasteiger charge is 2.36. The molecule has 0 N–H and O–H groups in total. The van der Waals surface area contributed by atoms with Crippen LogP contribution in [0.15, 0.2) is 11.6 Å². The number of Topliss-reactive ketones (excluding diaryl/α,β-unsaturated/α-hetero) is 1. The summed E-state index contributed by atoms with van der Waals surface area (Å²) in [5, 5.41) is 0. The van der Waals surface area contributed by atoms with E-state index in [1.165, 1.54) is 5.57 Å². The number of ketones is 1. The van der Waals surface area contributed by atoms with Crippen molar-refractivity contribution in [2.24, 2.45) is 5.92 Å². The minimum atomic E-state index is -1.70. The normalized spacial score (nSPS) is 15.2. The summed E-state index contributed by atoms with van der Waals surface area (Å²) in [6.07, 6.45) is 11.3. The van der Waals surface area contributed by atoms with Gasteiger partial charge in [-0.1, -0.05) is 52.2 Å². The molecule has 0 aliphatic heterocycles. The first kappa shape index (κ1) is 23.1. The molecule has 3 heteroatoms. The van der Waals surface area contributed by atoms with Crippen molar-refractivity contribution in [3.05, 3.63) is 11.6 Å². The molecule has 0 saturated carbocycles. The molecule has 0 unspecified atom stereocenters. The predicted molar refractivity (Wildman–Crippen MR) is 108 cm³/mol. The van der Waals surface area contributed by atoms with Crippen molar-refractivity contribution in [1.82, 2.24) is 0 Å². The summed E-state index contributed by atoms with van der Waals surface area (Å²) >= 11 is 0. The molecule has 0 fully saturated rings. The van der Waals surface area contributed by atoms with Gasteiger partial charge in [0.05, 0.1) is 0 Å². The molecule has 0 saturated heterocycles. The molecule has 0 radical (unpaired) electrons.